The van der Waals surface area contributed by atoms with Gasteiger partial charge in [-0.1, -0.05) is 69.7 Å². The maximum absolute atomic E-state index is 13.9. The third kappa shape index (κ3) is 2.91. The molecule has 1 aromatic rings. The number of rotatable bonds is 4. The van der Waals surface area contributed by atoms with Crippen molar-refractivity contribution in [2.45, 2.75) is 66.0 Å². The molecule has 198 valence electrons. The van der Waals surface area contributed by atoms with Crippen LogP contribution in [0.1, 0.15) is 58.9 Å². The molecule has 0 radical (unpaired) electrons. The fourth-order valence-electron chi connectivity index (χ4n) is 10.5. The number of aliphatic hydroxyl groups excluding tert-OH is 2. The Morgan fingerprint density at radius 3 is 2.54 bits per heavy atom. The Balaban J connectivity index is 1.43. The Morgan fingerprint density at radius 2 is 1.84 bits per heavy atom. The van der Waals surface area contributed by atoms with Gasteiger partial charge >= 0.3 is 0 Å². The average molecular weight is 504 g/mol. The second kappa shape index (κ2) is 7.97. The molecular formula is C32H41NO4. The summed E-state index contributed by atoms with van der Waals surface area (Å²) < 4.78 is 0. The lowest BCUT2D eigenvalue weighted by Gasteiger charge is -2.69. The van der Waals surface area contributed by atoms with Crippen molar-refractivity contribution in [1.29, 1.82) is 0 Å². The molecule has 1 aromatic carbocycles. The van der Waals surface area contributed by atoms with E-state index in [2.05, 4.69) is 62.9 Å². The van der Waals surface area contributed by atoms with Crippen LogP contribution in [0.25, 0.3) is 0 Å². The summed E-state index contributed by atoms with van der Waals surface area (Å²) in [7, 11) is 0. The lowest BCUT2D eigenvalue weighted by atomic mass is 9.35. The Hall–Kier alpha value is -2.08. The van der Waals surface area contributed by atoms with Crippen molar-refractivity contribution < 1.29 is 19.8 Å². The molecule has 5 nitrogen and oxygen atoms in total. The first-order valence-electron chi connectivity index (χ1n) is 14.0. The van der Waals surface area contributed by atoms with Crippen LogP contribution >= 0.6 is 0 Å². The number of fused-ring (bicyclic) bond motifs is 7. The Morgan fingerprint density at radius 1 is 1.11 bits per heavy atom. The van der Waals surface area contributed by atoms with Crippen molar-refractivity contribution in [2.75, 3.05) is 19.7 Å². The first-order valence-corrected chi connectivity index (χ1v) is 14.0. The Bertz CT molecular complexity index is 1210. The van der Waals surface area contributed by atoms with Crippen LogP contribution in [0.4, 0.5) is 0 Å². The predicted octanol–water partition coefficient (Wildman–Crippen LogP) is 4.34. The summed E-state index contributed by atoms with van der Waals surface area (Å²) in [6.07, 6.45) is 8.12. The number of nitrogens with zero attached hydrogens (tertiary/aromatic N) is 1. The van der Waals surface area contributed by atoms with Crippen LogP contribution < -0.4 is 0 Å². The van der Waals surface area contributed by atoms with Gasteiger partial charge in [-0.2, -0.15) is 0 Å². The van der Waals surface area contributed by atoms with Gasteiger partial charge in [0.1, 0.15) is 6.61 Å². The van der Waals surface area contributed by atoms with Crippen LogP contribution in [0.15, 0.2) is 54.1 Å². The summed E-state index contributed by atoms with van der Waals surface area (Å²) in [5.41, 5.74) is 0.260. The zero-order chi connectivity index (χ0) is 26.4. The number of hydrogen-bond acceptors (Lipinski definition) is 5. The Labute approximate surface area is 220 Å². The zero-order valence-electron chi connectivity index (χ0n) is 22.7. The van der Waals surface area contributed by atoms with Crippen molar-refractivity contribution in [1.82, 2.24) is 4.90 Å². The number of benzene rings is 1. The van der Waals surface area contributed by atoms with Crippen LogP contribution in [0.2, 0.25) is 0 Å². The molecule has 37 heavy (non-hydrogen) atoms. The quantitative estimate of drug-likeness (QED) is 0.639. The van der Waals surface area contributed by atoms with Crippen molar-refractivity contribution in [2.24, 2.45) is 38.9 Å². The van der Waals surface area contributed by atoms with E-state index in [1.807, 2.05) is 6.07 Å². The summed E-state index contributed by atoms with van der Waals surface area (Å²) >= 11 is 0. The van der Waals surface area contributed by atoms with Gasteiger partial charge in [0.05, 0.1) is 11.5 Å². The van der Waals surface area contributed by atoms with E-state index in [0.29, 0.717) is 13.0 Å². The fraction of sp³-hybridized carbons (Fsp3) is 0.625. The highest BCUT2D eigenvalue weighted by Crippen LogP contribution is 2.80. The van der Waals surface area contributed by atoms with Crippen LogP contribution in [0.3, 0.4) is 0 Å². The van der Waals surface area contributed by atoms with E-state index in [9.17, 15) is 19.8 Å². The average Bonchev–Trinajstić information content (AvgIpc) is 3.30. The van der Waals surface area contributed by atoms with Gasteiger partial charge in [0.15, 0.2) is 11.6 Å². The second-order valence-corrected chi connectivity index (χ2v) is 13.6. The van der Waals surface area contributed by atoms with Gasteiger partial charge in [-0.3, -0.25) is 14.5 Å². The van der Waals surface area contributed by atoms with E-state index in [0.717, 1.165) is 37.9 Å². The van der Waals surface area contributed by atoms with E-state index < -0.39 is 34.4 Å². The predicted molar refractivity (Wildman–Crippen MR) is 142 cm³/mol. The van der Waals surface area contributed by atoms with Gasteiger partial charge in [-0.05, 0) is 66.1 Å². The first kappa shape index (κ1) is 25.2. The maximum Gasteiger partial charge on any atom is 0.178 e. The monoisotopic (exact) mass is 503 g/mol. The normalized spacial score (nSPS) is 46.6. The highest BCUT2D eigenvalue weighted by Gasteiger charge is 2.79. The zero-order valence-corrected chi connectivity index (χ0v) is 22.7. The number of aliphatic hydroxyl groups is 2. The summed E-state index contributed by atoms with van der Waals surface area (Å²) in [6.45, 7) is 10.9. The molecule has 4 fully saturated rings. The summed E-state index contributed by atoms with van der Waals surface area (Å²) in [5, 5.41) is 22.4. The van der Waals surface area contributed by atoms with Gasteiger partial charge in [0.2, 0.25) is 0 Å². The van der Waals surface area contributed by atoms with Gasteiger partial charge in [-0.15, -0.1) is 0 Å². The minimum Gasteiger partial charge on any atom is -0.392 e. The summed E-state index contributed by atoms with van der Waals surface area (Å²) in [5.74, 6) is 0.331. The number of carbonyl (C=O) groups excluding carboxylic acids is 2. The van der Waals surface area contributed by atoms with Crippen LogP contribution in [0.5, 0.6) is 0 Å². The molecule has 0 spiro atoms. The molecular weight excluding hydrogens is 462 g/mol. The van der Waals surface area contributed by atoms with E-state index in [1.165, 1.54) is 5.56 Å². The molecule has 8 atom stereocenters. The molecule has 1 saturated heterocycles. The highest BCUT2D eigenvalue weighted by molar-refractivity contribution is 6.01. The van der Waals surface area contributed by atoms with Crippen molar-refractivity contribution in [3.05, 3.63) is 59.7 Å². The van der Waals surface area contributed by atoms with Gasteiger partial charge in [0.25, 0.3) is 0 Å². The number of hydrogen-bond donors (Lipinski definition) is 2. The number of allylic oxidation sites excluding steroid dienone is 4. The summed E-state index contributed by atoms with van der Waals surface area (Å²) in [4.78, 5) is 28.5. The van der Waals surface area contributed by atoms with Crippen molar-refractivity contribution in [3.8, 4) is 0 Å². The number of likely N-dealkylation sites (tertiary alicyclic amines) is 1. The molecule has 0 aromatic heterocycles. The third-order valence-electron chi connectivity index (χ3n) is 12.6. The first-order chi connectivity index (χ1) is 17.5. The van der Waals surface area contributed by atoms with Crippen molar-refractivity contribution >= 4 is 11.6 Å². The molecule has 5 heteroatoms. The van der Waals surface area contributed by atoms with Gasteiger partial charge < -0.3 is 10.2 Å². The minimum absolute atomic E-state index is 0.0391. The molecule has 4 aliphatic carbocycles. The van der Waals surface area contributed by atoms with Gasteiger partial charge in [-0.25, -0.2) is 0 Å². The molecule has 0 unspecified atom stereocenters. The van der Waals surface area contributed by atoms with E-state index >= 15 is 0 Å². The molecule has 2 N–H and O–H groups in total. The molecule has 3 saturated carbocycles. The largest absolute Gasteiger partial charge is 0.392 e. The standard InChI is InChI=1S/C32H41NO4/c1-28-13-12-24(35)14-22(28)10-11-25-29(2)15-23-18-33(17-21-8-6-5-7-9-21)20-32(23,27(37)19-34)30(29,3)16-26(36)31(25,28)4/h5-9,12-14,23,25-26,34,36H,10-11,15-20H2,1-4H3/t23-,25-,26-,28-,29-,30-,31+,32+/m0/s1. The van der Waals surface area contributed by atoms with Crippen LogP contribution in [-0.2, 0) is 16.1 Å². The van der Waals surface area contributed by atoms with E-state index in [4.69, 9.17) is 0 Å². The molecule has 6 rings (SSSR count). The molecule has 1 aliphatic heterocycles. The van der Waals surface area contributed by atoms with E-state index in [-0.39, 0.29) is 28.8 Å². The van der Waals surface area contributed by atoms with E-state index in [1.54, 1.807) is 12.2 Å². The SMILES string of the molecule is C[C@]12[C@@H](CCC3=CC(=O)C=C[C@@]31C)[C@]1(C)C[C@H]3CN(Cc4ccccc4)C[C@@]3(C(=O)CO)[C@@]1(C)C[C@@H]2O. The lowest BCUT2D eigenvalue weighted by Crippen LogP contribution is -2.68. The van der Waals surface area contributed by atoms with Crippen LogP contribution in [-0.4, -0.2) is 52.5 Å². The lowest BCUT2D eigenvalue weighted by molar-refractivity contribution is -0.225. The molecule has 0 bridgehead atoms. The maximum atomic E-state index is 13.9. The number of carbonyl (C=O) groups is 2. The minimum atomic E-state index is -0.678. The van der Waals surface area contributed by atoms with Crippen LogP contribution in [0, 0.1) is 38.9 Å². The smallest absolute Gasteiger partial charge is 0.178 e. The topological polar surface area (TPSA) is 77.8 Å². The number of ketones is 2. The Kier molecular flexibility index (Phi) is 5.43. The second-order valence-electron chi connectivity index (χ2n) is 13.6. The third-order valence-corrected chi connectivity index (χ3v) is 12.6. The fourth-order valence-corrected chi connectivity index (χ4v) is 10.5. The van der Waals surface area contributed by atoms with Gasteiger partial charge in [0, 0.05) is 30.5 Å². The molecule has 1 heterocycles. The molecule has 0 amide bonds. The highest BCUT2D eigenvalue weighted by atomic mass is 16.3. The number of Topliss-reactive ketones (excluding diaryl/α,β-unsaturated/α-hetero) is 1. The van der Waals surface area contributed by atoms with Crippen molar-refractivity contribution in [3.63, 3.8) is 0 Å². The summed E-state index contributed by atoms with van der Waals surface area (Å²) in [6, 6.07) is 10.4. The molecule has 5 aliphatic rings.